The smallest absolute Gasteiger partial charge is 0.254 e. The van der Waals surface area contributed by atoms with Crippen molar-refractivity contribution in [2.75, 3.05) is 32.9 Å². The number of carbonyl (C=O) groups is 1. The summed E-state index contributed by atoms with van der Waals surface area (Å²) < 4.78 is 16.9. The molecule has 4 rings (SSSR count). The Balaban J connectivity index is 1.55. The van der Waals surface area contributed by atoms with E-state index in [1.54, 1.807) is 17.0 Å². The third-order valence-corrected chi connectivity index (χ3v) is 4.65. The average molecular weight is 360 g/mol. The van der Waals surface area contributed by atoms with Crippen LogP contribution >= 0.6 is 11.6 Å². The van der Waals surface area contributed by atoms with E-state index in [4.69, 9.17) is 25.8 Å². The first-order chi connectivity index (χ1) is 12.2. The fourth-order valence-corrected chi connectivity index (χ4v) is 3.39. The van der Waals surface area contributed by atoms with E-state index in [2.05, 4.69) is 0 Å². The van der Waals surface area contributed by atoms with Gasteiger partial charge in [-0.1, -0.05) is 41.9 Å². The maximum Gasteiger partial charge on any atom is 0.254 e. The Morgan fingerprint density at radius 1 is 1.08 bits per heavy atom. The second-order valence-corrected chi connectivity index (χ2v) is 6.41. The van der Waals surface area contributed by atoms with Crippen LogP contribution in [-0.2, 0) is 4.74 Å². The van der Waals surface area contributed by atoms with Crippen LogP contribution < -0.4 is 9.47 Å². The summed E-state index contributed by atoms with van der Waals surface area (Å²) in [7, 11) is 0. The first kappa shape index (κ1) is 16.2. The molecule has 2 aliphatic rings. The normalized spacial score (nSPS) is 19.6. The van der Waals surface area contributed by atoms with E-state index in [1.165, 1.54) is 0 Å². The number of nitrogens with zero attached hydrogens (tertiary/aromatic N) is 1. The van der Waals surface area contributed by atoms with Crippen LogP contribution in [-0.4, -0.2) is 43.7 Å². The molecule has 0 spiro atoms. The fourth-order valence-electron chi connectivity index (χ4n) is 3.12. The molecule has 0 aromatic heterocycles. The van der Waals surface area contributed by atoms with Crippen LogP contribution in [0, 0.1) is 0 Å². The van der Waals surface area contributed by atoms with Gasteiger partial charge in [-0.05, 0) is 17.7 Å². The molecule has 1 fully saturated rings. The van der Waals surface area contributed by atoms with Crippen LogP contribution in [0.2, 0.25) is 5.02 Å². The summed E-state index contributed by atoms with van der Waals surface area (Å²) >= 11 is 6.25. The molecule has 6 heteroatoms. The van der Waals surface area contributed by atoms with E-state index in [9.17, 15) is 4.79 Å². The van der Waals surface area contributed by atoms with E-state index < -0.39 is 0 Å². The predicted octanol–water partition coefficient (Wildman–Crippen LogP) is 3.32. The van der Waals surface area contributed by atoms with Crippen LogP contribution in [0.3, 0.4) is 0 Å². The van der Waals surface area contributed by atoms with Crippen molar-refractivity contribution in [2.45, 2.75) is 6.10 Å². The molecule has 2 heterocycles. The molecule has 1 unspecified atom stereocenters. The van der Waals surface area contributed by atoms with Crippen molar-refractivity contribution in [2.24, 2.45) is 0 Å². The van der Waals surface area contributed by atoms with Crippen molar-refractivity contribution in [1.29, 1.82) is 0 Å². The van der Waals surface area contributed by atoms with E-state index in [0.717, 1.165) is 5.56 Å². The lowest BCUT2D eigenvalue weighted by atomic mass is 10.1. The lowest BCUT2D eigenvalue weighted by molar-refractivity contribution is -0.0228. The molecule has 0 saturated carbocycles. The van der Waals surface area contributed by atoms with Crippen LogP contribution in [0.5, 0.6) is 11.5 Å². The standard InChI is InChI=1S/C19H18ClNO4/c20-15-10-14(11-16-18(15)25-9-8-24-16)19(22)21-6-7-23-17(12-21)13-4-2-1-3-5-13/h1-5,10-11,17H,6-9,12H2. The zero-order valence-electron chi connectivity index (χ0n) is 13.6. The highest BCUT2D eigenvalue weighted by Gasteiger charge is 2.28. The van der Waals surface area contributed by atoms with Crippen molar-refractivity contribution in [3.8, 4) is 11.5 Å². The Kier molecular flexibility index (Phi) is 4.51. The highest BCUT2D eigenvalue weighted by molar-refractivity contribution is 6.32. The number of hydrogen-bond donors (Lipinski definition) is 0. The minimum Gasteiger partial charge on any atom is -0.486 e. The Bertz CT molecular complexity index is 780. The monoisotopic (exact) mass is 359 g/mol. The number of rotatable bonds is 2. The lowest BCUT2D eigenvalue weighted by Gasteiger charge is -2.33. The summed E-state index contributed by atoms with van der Waals surface area (Å²) in [6, 6.07) is 13.3. The van der Waals surface area contributed by atoms with Crippen LogP contribution in [0.25, 0.3) is 0 Å². The summed E-state index contributed by atoms with van der Waals surface area (Å²) in [6.45, 7) is 2.48. The van der Waals surface area contributed by atoms with Gasteiger partial charge in [0.1, 0.15) is 19.3 Å². The van der Waals surface area contributed by atoms with E-state index in [-0.39, 0.29) is 12.0 Å². The fraction of sp³-hybridized carbons (Fsp3) is 0.316. The minimum absolute atomic E-state index is 0.0805. The first-order valence-corrected chi connectivity index (χ1v) is 8.65. The molecule has 0 aliphatic carbocycles. The molecule has 1 atom stereocenters. The Labute approximate surface area is 151 Å². The van der Waals surface area contributed by atoms with Gasteiger partial charge in [0, 0.05) is 12.1 Å². The predicted molar refractivity (Wildman–Crippen MR) is 93.5 cm³/mol. The SMILES string of the molecule is O=C(c1cc(Cl)c2c(c1)OCCO2)N1CCOC(c2ccccc2)C1. The molecule has 5 nitrogen and oxygen atoms in total. The van der Waals surface area contributed by atoms with Crippen LogP contribution in [0.4, 0.5) is 0 Å². The van der Waals surface area contributed by atoms with E-state index >= 15 is 0 Å². The molecule has 1 amide bonds. The number of amides is 1. The Hall–Kier alpha value is -2.24. The van der Waals surface area contributed by atoms with Crippen molar-refractivity contribution in [1.82, 2.24) is 4.90 Å². The topological polar surface area (TPSA) is 48.0 Å². The van der Waals surface area contributed by atoms with Gasteiger partial charge in [0.15, 0.2) is 11.5 Å². The number of hydrogen-bond acceptors (Lipinski definition) is 4. The molecule has 2 aromatic carbocycles. The van der Waals surface area contributed by atoms with Crippen molar-refractivity contribution in [3.63, 3.8) is 0 Å². The largest absolute Gasteiger partial charge is 0.486 e. The van der Waals surface area contributed by atoms with Gasteiger partial charge in [-0.15, -0.1) is 0 Å². The minimum atomic E-state index is -0.119. The maximum atomic E-state index is 12.9. The molecule has 0 radical (unpaired) electrons. The number of benzene rings is 2. The van der Waals surface area contributed by atoms with Gasteiger partial charge in [0.05, 0.1) is 18.2 Å². The third-order valence-electron chi connectivity index (χ3n) is 4.37. The molecule has 2 aliphatic heterocycles. The van der Waals surface area contributed by atoms with Crippen molar-refractivity contribution in [3.05, 3.63) is 58.6 Å². The molecule has 130 valence electrons. The zero-order valence-corrected chi connectivity index (χ0v) is 14.4. The quantitative estimate of drug-likeness (QED) is 0.825. The molecular formula is C19H18ClNO4. The number of carbonyl (C=O) groups excluding carboxylic acids is 1. The van der Waals surface area contributed by atoms with E-state index in [1.807, 2.05) is 30.3 Å². The third kappa shape index (κ3) is 3.30. The number of ether oxygens (including phenoxy) is 3. The summed E-state index contributed by atoms with van der Waals surface area (Å²) in [5.41, 5.74) is 1.57. The number of halogens is 1. The molecule has 1 saturated heterocycles. The maximum absolute atomic E-state index is 12.9. The second kappa shape index (κ2) is 6.94. The molecule has 2 aromatic rings. The first-order valence-electron chi connectivity index (χ1n) is 8.27. The van der Waals surface area contributed by atoms with Gasteiger partial charge in [-0.2, -0.15) is 0 Å². The summed E-state index contributed by atoms with van der Waals surface area (Å²) in [5.74, 6) is 0.951. The number of fused-ring (bicyclic) bond motifs is 1. The van der Waals surface area contributed by atoms with Gasteiger partial charge < -0.3 is 19.1 Å². The van der Waals surface area contributed by atoms with Gasteiger partial charge in [-0.25, -0.2) is 0 Å². The zero-order chi connectivity index (χ0) is 17.2. The molecule has 0 N–H and O–H groups in total. The van der Waals surface area contributed by atoms with E-state index in [0.29, 0.717) is 55.0 Å². The Morgan fingerprint density at radius 3 is 2.72 bits per heavy atom. The second-order valence-electron chi connectivity index (χ2n) is 6.00. The summed E-state index contributed by atoms with van der Waals surface area (Å²) in [6.07, 6.45) is -0.119. The summed E-state index contributed by atoms with van der Waals surface area (Å²) in [4.78, 5) is 14.7. The average Bonchev–Trinajstić information content (AvgIpc) is 2.68. The van der Waals surface area contributed by atoms with Gasteiger partial charge in [0.2, 0.25) is 0 Å². The van der Waals surface area contributed by atoms with Gasteiger partial charge >= 0.3 is 0 Å². The van der Waals surface area contributed by atoms with Gasteiger partial charge in [0.25, 0.3) is 5.91 Å². The highest BCUT2D eigenvalue weighted by Crippen LogP contribution is 2.38. The van der Waals surface area contributed by atoms with Crippen molar-refractivity contribution < 1.29 is 19.0 Å². The van der Waals surface area contributed by atoms with Crippen LogP contribution in [0.15, 0.2) is 42.5 Å². The number of morpholine rings is 1. The lowest BCUT2D eigenvalue weighted by Crippen LogP contribution is -2.42. The van der Waals surface area contributed by atoms with Crippen molar-refractivity contribution >= 4 is 17.5 Å². The Morgan fingerprint density at radius 2 is 1.88 bits per heavy atom. The highest BCUT2D eigenvalue weighted by atomic mass is 35.5. The molecular weight excluding hydrogens is 342 g/mol. The summed E-state index contributed by atoms with van der Waals surface area (Å²) in [5, 5.41) is 0.397. The van der Waals surface area contributed by atoms with Gasteiger partial charge in [-0.3, -0.25) is 4.79 Å². The molecule has 0 bridgehead atoms. The van der Waals surface area contributed by atoms with Crippen LogP contribution in [0.1, 0.15) is 22.0 Å². The molecule has 25 heavy (non-hydrogen) atoms.